The van der Waals surface area contributed by atoms with Crippen molar-refractivity contribution in [2.75, 3.05) is 18.5 Å². The Morgan fingerprint density at radius 1 is 1.21 bits per heavy atom. The van der Waals surface area contributed by atoms with Gasteiger partial charge in [0.1, 0.15) is 0 Å². The number of carbonyl (C=O) groups excluding carboxylic acids is 1. The summed E-state index contributed by atoms with van der Waals surface area (Å²) in [5, 5.41) is 0. The van der Waals surface area contributed by atoms with E-state index in [4.69, 9.17) is 0 Å². The first-order valence-electron chi connectivity index (χ1n) is 6.44. The average molecular weight is 256 g/mol. The number of hydrogen-bond acceptors (Lipinski definition) is 2. The van der Waals surface area contributed by atoms with E-state index in [0.717, 1.165) is 22.6 Å². The van der Waals surface area contributed by atoms with E-state index in [9.17, 15) is 4.79 Å². The van der Waals surface area contributed by atoms with Gasteiger partial charge in [0.2, 0.25) is 0 Å². The zero-order valence-electron chi connectivity index (χ0n) is 11.9. The number of ketones is 1. The number of anilines is 1. The molecule has 0 aliphatic rings. The number of likely N-dealkylation sites (N-methyl/N-ethyl adjacent to an activating group) is 1. The van der Waals surface area contributed by atoms with Crippen molar-refractivity contribution in [1.29, 1.82) is 0 Å². The van der Waals surface area contributed by atoms with Crippen LogP contribution < -0.4 is 4.90 Å². The molecule has 0 bridgehead atoms. The maximum Gasteiger partial charge on any atom is 0.183 e. The number of aromatic nitrogens is 1. The second-order valence-electron chi connectivity index (χ2n) is 5.11. The number of nitrogens with one attached hydrogen (secondary N) is 1. The summed E-state index contributed by atoms with van der Waals surface area (Å²) in [6.07, 6.45) is 0. The standard InChI is InChI=1S/C16H20N2O/c1-11-6-5-7-14(8-11)18(4)10-16(19)15-9-12(2)17-13(15)3/h5-9,17H,10H2,1-4H3. The molecule has 0 unspecified atom stereocenters. The van der Waals surface area contributed by atoms with Crippen LogP contribution in [0.5, 0.6) is 0 Å². The summed E-state index contributed by atoms with van der Waals surface area (Å²) in [6.45, 7) is 6.35. The van der Waals surface area contributed by atoms with Crippen molar-refractivity contribution in [2.24, 2.45) is 0 Å². The second-order valence-corrected chi connectivity index (χ2v) is 5.11. The zero-order chi connectivity index (χ0) is 14.0. The van der Waals surface area contributed by atoms with Crippen LogP contribution in [0, 0.1) is 20.8 Å². The number of nitrogens with zero attached hydrogens (tertiary/aromatic N) is 1. The smallest absolute Gasteiger partial charge is 0.183 e. The van der Waals surface area contributed by atoms with Gasteiger partial charge in [0.25, 0.3) is 0 Å². The Balaban J connectivity index is 2.13. The Kier molecular flexibility index (Phi) is 3.74. The predicted molar refractivity (Wildman–Crippen MR) is 79.0 cm³/mol. The topological polar surface area (TPSA) is 36.1 Å². The molecule has 1 aromatic heterocycles. The lowest BCUT2D eigenvalue weighted by molar-refractivity contribution is 0.1000. The minimum atomic E-state index is 0.144. The maximum atomic E-state index is 12.3. The van der Waals surface area contributed by atoms with Gasteiger partial charge >= 0.3 is 0 Å². The molecule has 1 heterocycles. The number of aryl methyl sites for hydroxylation is 3. The number of benzene rings is 1. The molecule has 0 radical (unpaired) electrons. The minimum Gasteiger partial charge on any atom is -0.367 e. The minimum absolute atomic E-state index is 0.144. The zero-order valence-corrected chi connectivity index (χ0v) is 11.9. The third kappa shape index (κ3) is 3.05. The molecule has 3 nitrogen and oxygen atoms in total. The molecule has 0 aliphatic carbocycles. The van der Waals surface area contributed by atoms with Crippen LogP contribution in [0.1, 0.15) is 27.3 Å². The summed E-state index contributed by atoms with van der Waals surface area (Å²) in [5.74, 6) is 0.144. The highest BCUT2D eigenvalue weighted by atomic mass is 16.1. The van der Waals surface area contributed by atoms with Crippen LogP contribution in [-0.4, -0.2) is 24.4 Å². The molecule has 1 N–H and O–H groups in total. The molecule has 0 fully saturated rings. The predicted octanol–water partition coefficient (Wildman–Crippen LogP) is 3.26. The molecule has 0 amide bonds. The summed E-state index contributed by atoms with van der Waals surface area (Å²) < 4.78 is 0. The van der Waals surface area contributed by atoms with Crippen molar-refractivity contribution in [3.05, 3.63) is 52.8 Å². The first-order chi connectivity index (χ1) is 8.97. The number of rotatable bonds is 4. The van der Waals surface area contributed by atoms with Crippen LogP contribution in [0.2, 0.25) is 0 Å². The molecule has 1 aromatic carbocycles. The van der Waals surface area contributed by atoms with Gasteiger partial charge < -0.3 is 9.88 Å². The lowest BCUT2D eigenvalue weighted by Gasteiger charge is -2.18. The maximum absolute atomic E-state index is 12.3. The molecular formula is C16H20N2O. The van der Waals surface area contributed by atoms with Crippen molar-refractivity contribution in [2.45, 2.75) is 20.8 Å². The summed E-state index contributed by atoms with van der Waals surface area (Å²) in [7, 11) is 1.95. The van der Waals surface area contributed by atoms with Gasteiger partial charge in [0.15, 0.2) is 5.78 Å². The van der Waals surface area contributed by atoms with Crippen LogP contribution >= 0.6 is 0 Å². The number of aromatic amines is 1. The quantitative estimate of drug-likeness (QED) is 0.852. The summed E-state index contributed by atoms with van der Waals surface area (Å²) in [5.41, 5.74) is 5.03. The van der Waals surface area contributed by atoms with E-state index >= 15 is 0 Å². The molecular weight excluding hydrogens is 236 g/mol. The van der Waals surface area contributed by atoms with Crippen LogP contribution in [-0.2, 0) is 0 Å². The largest absolute Gasteiger partial charge is 0.367 e. The summed E-state index contributed by atoms with van der Waals surface area (Å²) >= 11 is 0. The number of H-pyrrole nitrogens is 1. The number of carbonyl (C=O) groups is 1. The van der Waals surface area contributed by atoms with Gasteiger partial charge in [-0.1, -0.05) is 12.1 Å². The van der Waals surface area contributed by atoms with E-state index < -0.39 is 0 Å². The first-order valence-corrected chi connectivity index (χ1v) is 6.44. The molecule has 0 saturated heterocycles. The van der Waals surface area contributed by atoms with Crippen molar-refractivity contribution in [3.63, 3.8) is 0 Å². The molecule has 3 heteroatoms. The normalized spacial score (nSPS) is 10.5. The fourth-order valence-electron chi connectivity index (χ4n) is 2.27. The van der Waals surface area contributed by atoms with Gasteiger partial charge in [0, 0.05) is 29.7 Å². The number of Topliss-reactive ketones (excluding diaryl/α,β-unsaturated/α-hetero) is 1. The van der Waals surface area contributed by atoms with Gasteiger partial charge in [-0.25, -0.2) is 0 Å². The molecule has 100 valence electrons. The Bertz CT molecular complexity index is 599. The third-order valence-corrected chi connectivity index (χ3v) is 3.27. The van der Waals surface area contributed by atoms with Crippen LogP contribution in [0.4, 0.5) is 5.69 Å². The van der Waals surface area contributed by atoms with Crippen LogP contribution in [0.15, 0.2) is 30.3 Å². The van der Waals surface area contributed by atoms with E-state index in [0.29, 0.717) is 6.54 Å². The first kappa shape index (κ1) is 13.4. The molecule has 2 rings (SSSR count). The fraction of sp³-hybridized carbons (Fsp3) is 0.312. The highest BCUT2D eigenvalue weighted by Gasteiger charge is 2.14. The molecule has 0 aliphatic heterocycles. The molecule has 0 saturated carbocycles. The summed E-state index contributed by atoms with van der Waals surface area (Å²) in [4.78, 5) is 17.4. The van der Waals surface area contributed by atoms with E-state index in [-0.39, 0.29) is 5.78 Å². The Morgan fingerprint density at radius 3 is 2.53 bits per heavy atom. The SMILES string of the molecule is Cc1cccc(N(C)CC(=O)c2cc(C)[nH]c2C)c1. The van der Waals surface area contributed by atoms with Crippen molar-refractivity contribution in [1.82, 2.24) is 4.98 Å². The Hall–Kier alpha value is -2.03. The van der Waals surface area contributed by atoms with Crippen LogP contribution in [0.25, 0.3) is 0 Å². The second kappa shape index (κ2) is 5.31. The van der Waals surface area contributed by atoms with E-state index in [1.807, 2.05) is 44.0 Å². The third-order valence-electron chi connectivity index (χ3n) is 3.27. The number of hydrogen-bond donors (Lipinski definition) is 1. The molecule has 0 spiro atoms. The van der Waals surface area contributed by atoms with Crippen molar-refractivity contribution >= 4 is 11.5 Å². The van der Waals surface area contributed by atoms with Crippen molar-refractivity contribution < 1.29 is 4.79 Å². The van der Waals surface area contributed by atoms with E-state index in [2.05, 4.69) is 24.0 Å². The lowest BCUT2D eigenvalue weighted by atomic mass is 10.1. The van der Waals surface area contributed by atoms with Gasteiger partial charge in [-0.2, -0.15) is 0 Å². The van der Waals surface area contributed by atoms with Gasteiger partial charge in [0.05, 0.1) is 6.54 Å². The molecule has 2 aromatic rings. The van der Waals surface area contributed by atoms with Gasteiger partial charge in [-0.15, -0.1) is 0 Å². The van der Waals surface area contributed by atoms with Gasteiger partial charge in [-0.05, 0) is 44.5 Å². The molecule has 0 atom stereocenters. The van der Waals surface area contributed by atoms with E-state index in [1.54, 1.807) is 0 Å². The average Bonchev–Trinajstić information content (AvgIpc) is 2.68. The monoisotopic (exact) mass is 256 g/mol. The van der Waals surface area contributed by atoms with E-state index in [1.165, 1.54) is 5.56 Å². The van der Waals surface area contributed by atoms with Gasteiger partial charge in [-0.3, -0.25) is 4.79 Å². The fourth-order valence-corrected chi connectivity index (χ4v) is 2.27. The summed E-state index contributed by atoms with van der Waals surface area (Å²) in [6, 6.07) is 10.1. The van der Waals surface area contributed by atoms with Crippen molar-refractivity contribution in [3.8, 4) is 0 Å². The highest BCUT2D eigenvalue weighted by molar-refractivity contribution is 6.00. The Labute approximate surface area is 114 Å². The van der Waals surface area contributed by atoms with Crippen LogP contribution in [0.3, 0.4) is 0 Å². The highest BCUT2D eigenvalue weighted by Crippen LogP contribution is 2.16. The molecule has 19 heavy (non-hydrogen) atoms. The lowest BCUT2D eigenvalue weighted by Crippen LogP contribution is -2.25. The Morgan fingerprint density at radius 2 is 1.95 bits per heavy atom.